The van der Waals surface area contributed by atoms with Gasteiger partial charge in [-0.3, -0.25) is 9.78 Å². The molecule has 0 aliphatic rings. The Bertz CT molecular complexity index is 572. The molecule has 0 radical (unpaired) electrons. The quantitative estimate of drug-likeness (QED) is 0.597. The molecule has 0 saturated carbocycles. The van der Waals surface area contributed by atoms with E-state index in [9.17, 15) is 9.59 Å². The summed E-state index contributed by atoms with van der Waals surface area (Å²) in [4.78, 5) is 25.5. The van der Waals surface area contributed by atoms with Crippen molar-refractivity contribution in [3.8, 4) is 0 Å². The molecule has 1 heterocycles. The van der Waals surface area contributed by atoms with Crippen LogP contribution in [0.1, 0.15) is 0 Å². The van der Waals surface area contributed by atoms with E-state index in [0.717, 1.165) is 0 Å². The summed E-state index contributed by atoms with van der Waals surface area (Å²) in [6.07, 6.45) is 0. The first-order valence-electron chi connectivity index (χ1n) is 4.14. The smallest absolute Gasteiger partial charge is 0.408 e. The van der Waals surface area contributed by atoms with Crippen molar-refractivity contribution in [1.29, 1.82) is 0 Å². The Morgan fingerprint density at radius 3 is 2.93 bits per heavy atom. The summed E-state index contributed by atoms with van der Waals surface area (Å²) in [5.74, 6) is -0.526. The zero-order chi connectivity index (χ0) is 11.0. The van der Waals surface area contributed by atoms with E-state index >= 15 is 0 Å². The highest BCUT2D eigenvalue weighted by Crippen LogP contribution is 2.19. The van der Waals surface area contributed by atoms with Crippen molar-refractivity contribution >= 4 is 33.8 Å². The Morgan fingerprint density at radius 2 is 2.27 bits per heavy atom. The lowest BCUT2D eigenvalue weighted by atomic mass is 10.3. The third-order valence-corrected chi connectivity index (χ3v) is 2.31. The van der Waals surface area contributed by atoms with Crippen LogP contribution in [0.25, 0.3) is 11.1 Å². The maximum Gasteiger partial charge on any atom is 0.417 e. The summed E-state index contributed by atoms with van der Waals surface area (Å²) < 4.78 is 4.82. The van der Waals surface area contributed by atoms with Gasteiger partial charge in [-0.25, -0.2) is 4.79 Å². The average Bonchev–Trinajstić information content (AvgIpc) is 2.55. The topological polar surface area (TPSA) is 66.3 Å². The first kappa shape index (κ1) is 9.79. The van der Waals surface area contributed by atoms with Gasteiger partial charge < -0.3 is 9.32 Å². The molecule has 1 aromatic carbocycles. The number of carbonyl (C=O) groups excluding carboxylic acids is 1. The predicted octanol–water partition coefficient (Wildman–Crippen LogP) is 1.92. The summed E-state index contributed by atoms with van der Waals surface area (Å²) in [7, 11) is 1.54. The molecule has 1 N–H and O–H groups in total. The average molecular weight is 227 g/mol. The summed E-state index contributed by atoms with van der Waals surface area (Å²) in [5.41, 5.74) is 1.56. The Balaban J connectivity index is 2.55. The molecule has 0 bridgehead atoms. The summed E-state index contributed by atoms with van der Waals surface area (Å²) in [5, 5.41) is -0.597. The van der Waals surface area contributed by atoms with Crippen LogP contribution < -0.4 is 10.7 Å². The number of halogens is 1. The number of carbonyl (C=O) groups is 1. The van der Waals surface area contributed by atoms with Gasteiger partial charge in [-0.2, -0.15) is 0 Å². The minimum atomic E-state index is -0.597. The fraction of sp³-hybridized carbons (Fsp3) is 0.111. The third-order valence-electron chi connectivity index (χ3n) is 2.05. The van der Waals surface area contributed by atoms with Crippen molar-refractivity contribution in [2.45, 2.75) is 0 Å². The number of nitrogens with zero attached hydrogens (tertiary/aromatic N) is 1. The van der Waals surface area contributed by atoms with Crippen LogP contribution in [0.4, 0.5) is 10.5 Å². The van der Waals surface area contributed by atoms with Crippen molar-refractivity contribution in [3.05, 3.63) is 28.7 Å². The number of anilines is 1. The van der Waals surface area contributed by atoms with E-state index in [1.165, 1.54) is 11.9 Å². The van der Waals surface area contributed by atoms with Gasteiger partial charge in [0.1, 0.15) is 0 Å². The van der Waals surface area contributed by atoms with E-state index in [1.807, 2.05) is 0 Å². The number of rotatable bonds is 1. The van der Waals surface area contributed by atoms with Crippen LogP contribution in [-0.2, 0) is 0 Å². The monoisotopic (exact) mass is 226 g/mol. The lowest BCUT2D eigenvalue weighted by Crippen LogP contribution is -2.19. The van der Waals surface area contributed by atoms with Crippen LogP contribution in [-0.4, -0.2) is 17.4 Å². The van der Waals surface area contributed by atoms with E-state index in [-0.39, 0.29) is 0 Å². The van der Waals surface area contributed by atoms with Crippen LogP contribution in [0.3, 0.4) is 0 Å². The Kier molecular flexibility index (Phi) is 2.24. The fourth-order valence-corrected chi connectivity index (χ4v) is 1.35. The number of H-pyrrole nitrogens is 1. The standard InChI is InChI=1S/C9H7ClN2O3/c1-12(8(10)13)5-2-3-7-6(4-5)11-9(14)15-7/h2-4H,1H3,(H,11,14). The van der Waals surface area contributed by atoms with E-state index in [1.54, 1.807) is 18.2 Å². The number of nitrogens with one attached hydrogen (secondary N) is 1. The molecule has 78 valence electrons. The lowest BCUT2D eigenvalue weighted by molar-refractivity contribution is 0.265. The maximum absolute atomic E-state index is 10.9. The maximum atomic E-state index is 10.9. The Hall–Kier alpha value is -1.75. The first-order chi connectivity index (χ1) is 7.08. The van der Waals surface area contributed by atoms with Gasteiger partial charge in [0.2, 0.25) is 0 Å². The molecule has 0 spiro atoms. The number of amides is 1. The summed E-state index contributed by atoms with van der Waals surface area (Å²) >= 11 is 5.31. The molecule has 2 aromatic rings. The highest BCUT2D eigenvalue weighted by atomic mass is 35.5. The molecule has 0 fully saturated rings. The Labute approximate surface area is 89.2 Å². The fourth-order valence-electron chi connectivity index (χ4n) is 1.25. The van der Waals surface area contributed by atoms with Crippen molar-refractivity contribution in [3.63, 3.8) is 0 Å². The van der Waals surface area contributed by atoms with Crippen molar-refractivity contribution in [2.24, 2.45) is 0 Å². The minimum Gasteiger partial charge on any atom is -0.408 e. The summed E-state index contributed by atoms with van der Waals surface area (Å²) in [6.45, 7) is 0. The van der Waals surface area contributed by atoms with E-state index in [4.69, 9.17) is 16.0 Å². The number of hydrogen-bond donors (Lipinski definition) is 1. The van der Waals surface area contributed by atoms with Crippen LogP contribution >= 0.6 is 11.6 Å². The number of aromatic amines is 1. The van der Waals surface area contributed by atoms with Crippen molar-refractivity contribution in [2.75, 3.05) is 11.9 Å². The predicted molar refractivity (Wildman–Crippen MR) is 56.5 cm³/mol. The van der Waals surface area contributed by atoms with Crippen LogP contribution in [0.5, 0.6) is 0 Å². The highest BCUT2D eigenvalue weighted by molar-refractivity contribution is 6.66. The molecule has 5 nitrogen and oxygen atoms in total. The summed E-state index contributed by atoms with van der Waals surface area (Å²) in [6, 6.07) is 4.85. The second-order valence-corrected chi connectivity index (χ2v) is 3.33. The van der Waals surface area contributed by atoms with E-state index in [0.29, 0.717) is 16.8 Å². The molecular formula is C9H7ClN2O3. The second kappa shape index (κ2) is 3.43. The van der Waals surface area contributed by atoms with Gasteiger partial charge in [0.05, 0.1) is 5.52 Å². The molecule has 0 saturated heterocycles. The van der Waals surface area contributed by atoms with Crippen molar-refractivity contribution < 1.29 is 9.21 Å². The zero-order valence-corrected chi connectivity index (χ0v) is 8.54. The molecule has 6 heteroatoms. The van der Waals surface area contributed by atoms with Gasteiger partial charge in [-0.1, -0.05) is 0 Å². The number of hydrogen-bond acceptors (Lipinski definition) is 3. The third kappa shape index (κ3) is 1.73. The first-order valence-corrected chi connectivity index (χ1v) is 4.52. The molecule has 15 heavy (non-hydrogen) atoms. The molecule has 2 rings (SSSR count). The van der Waals surface area contributed by atoms with Gasteiger partial charge in [0.15, 0.2) is 5.58 Å². The Morgan fingerprint density at radius 1 is 1.53 bits per heavy atom. The minimum absolute atomic E-state index is 0.444. The number of benzene rings is 1. The van der Waals surface area contributed by atoms with E-state index < -0.39 is 11.1 Å². The highest BCUT2D eigenvalue weighted by Gasteiger charge is 2.09. The van der Waals surface area contributed by atoms with Crippen LogP contribution in [0.2, 0.25) is 0 Å². The van der Waals surface area contributed by atoms with Gasteiger partial charge in [0.25, 0.3) is 0 Å². The largest absolute Gasteiger partial charge is 0.417 e. The SMILES string of the molecule is CN(C(=O)Cl)c1ccc2oc(=O)[nH]c2c1. The molecule has 1 amide bonds. The normalized spacial score (nSPS) is 10.5. The molecule has 0 aliphatic carbocycles. The zero-order valence-electron chi connectivity index (χ0n) is 7.78. The number of fused-ring (bicyclic) bond motifs is 1. The molecule has 0 unspecified atom stereocenters. The molecule has 0 atom stereocenters. The van der Waals surface area contributed by atoms with Gasteiger partial charge in [-0.15, -0.1) is 0 Å². The van der Waals surface area contributed by atoms with E-state index in [2.05, 4.69) is 4.98 Å². The number of oxazole rings is 1. The lowest BCUT2D eigenvalue weighted by Gasteiger charge is -2.12. The molecule has 1 aromatic heterocycles. The van der Waals surface area contributed by atoms with Gasteiger partial charge in [-0.05, 0) is 29.8 Å². The van der Waals surface area contributed by atoms with Crippen LogP contribution in [0.15, 0.2) is 27.4 Å². The number of aromatic nitrogens is 1. The van der Waals surface area contributed by atoms with Gasteiger partial charge in [0, 0.05) is 12.7 Å². The van der Waals surface area contributed by atoms with Crippen LogP contribution in [0, 0.1) is 0 Å². The second-order valence-electron chi connectivity index (χ2n) is 3.01. The molecular weight excluding hydrogens is 220 g/mol. The molecule has 0 aliphatic heterocycles. The van der Waals surface area contributed by atoms with Gasteiger partial charge >= 0.3 is 11.1 Å². The van der Waals surface area contributed by atoms with Crippen molar-refractivity contribution in [1.82, 2.24) is 4.98 Å².